The number of unbranched alkanes of at least 4 members (excludes halogenated alkanes) is 11. The van der Waals surface area contributed by atoms with Gasteiger partial charge in [0, 0.05) is 5.75 Å². The van der Waals surface area contributed by atoms with Gasteiger partial charge in [-0.3, -0.25) is 4.79 Å². The maximum Gasteiger partial charge on any atom is 0.308 e. The Morgan fingerprint density at radius 2 is 1.35 bits per heavy atom. The van der Waals surface area contributed by atoms with Crippen molar-refractivity contribution in [3.05, 3.63) is 0 Å². The maximum absolute atomic E-state index is 11.3. The van der Waals surface area contributed by atoms with Crippen LogP contribution in [0.3, 0.4) is 0 Å². The first kappa shape index (κ1) is 20.9. The van der Waals surface area contributed by atoms with Crippen molar-refractivity contribution < 1.29 is 9.53 Å². The topological polar surface area (TPSA) is 26.3 Å². The molecule has 23 heavy (non-hydrogen) atoms. The van der Waals surface area contributed by atoms with Crippen LogP contribution in [0.4, 0.5) is 0 Å². The number of esters is 1. The van der Waals surface area contributed by atoms with E-state index in [2.05, 4.69) is 6.92 Å². The fraction of sp³-hybridized carbons (Fsp3) is 0.950. The van der Waals surface area contributed by atoms with Gasteiger partial charge in [0.15, 0.2) is 0 Å². The predicted molar refractivity (Wildman–Crippen MR) is 102 cm³/mol. The monoisotopic (exact) mass is 342 g/mol. The lowest BCUT2D eigenvalue weighted by atomic mass is 10.1. The molecule has 1 aliphatic rings. The summed E-state index contributed by atoms with van der Waals surface area (Å²) < 4.78 is 5.22. The van der Waals surface area contributed by atoms with Gasteiger partial charge in [0.25, 0.3) is 0 Å². The molecule has 0 radical (unpaired) electrons. The second-order valence-electron chi connectivity index (χ2n) is 6.94. The standard InChI is InChI=1S/C20H38O2S/c1-2-3-4-5-6-7-8-9-10-11-12-13-17-23-18-16-22-20(21)19-14-15-19/h19H,2-18H2,1H3. The summed E-state index contributed by atoms with van der Waals surface area (Å²) in [5, 5.41) is 0. The van der Waals surface area contributed by atoms with Crippen LogP contribution in [0, 0.1) is 5.92 Å². The second kappa shape index (κ2) is 15.4. The van der Waals surface area contributed by atoms with Crippen molar-refractivity contribution in [3.63, 3.8) is 0 Å². The van der Waals surface area contributed by atoms with E-state index in [9.17, 15) is 4.79 Å². The fourth-order valence-electron chi connectivity index (χ4n) is 2.79. The molecule has 0 amide bonds. The molecule has 0 aromatic carbocycles. The molecule has 0 saturated heterocycles. The van der Waals surface area contributed by atoms with Crippen LogP contribution in [-0.2, 0) is 9.53 Å². The molecule has 2 nitrogen and oxygen atoms in total. The molecule has 136 valence electrons. The molecule has 1 aliphatic carbocycles. The van der Waals surface area contributed by atoms with Gasteiger partial charge in [0.05, 0.1) is 5.92 Å². The quantitative estimate of drug-likeness (QED) is 0.227. The Labute approximate surface area is 148 Å². The first-order valence-corrected chi connectivity index (χ1v) is 11.2. The van der Waals surface area contributed by atoms with Crippen LogP contribution >= 0.6 is 11.8 Å². The number of rotatable bonds is 17. The van der Waals surface area contributed by atoms with Crippen molar-refractivity contribution in [2.75, 3.05) is 18.1 Å². The SMILES string of the molecule is CCCCCCCCCCCCCCSCCOC(=O)C1CC1. The van der Waals surface area contributed by atoms with Crippen molar-refractivity contribution in [3.8, 4) is 0 Å². The van der Waals surface area contributed by atoms with Crippen molar-refractivity contribution in [1.82, 2.24) is 0 Å². The van der Waals surface area contributed by atoms with Crippen molar-refractivity contribution in [2.24, 2.45) is 5.92 Å². The van der Waals surface area contributed by atoms with Crippen LogP contribution in [0.15, 0.2) is 0 Å². The van der Waals surface area contributed by atoms with E-state index < -0.39 is 0 Å². The molecule has 0 heterocycles. The normalized spacial score (nSPS) is 14.1. The predicted octanol–water partition coefficient (Wildman–Crippen LogP) is 6.37. The molecule has 0 N–H and O–H groups in total. The number of carbonyl (C=O) groups is 1. The highest BCUT2D eigenvalue weighted by molar-refractivity contribution is 7.99. The van der Waals surface area contributed by atoms with Gasteiger partial charge in [0.1, 0.15) is 6.61 Å². The van der Waals surface area contributed by atoms with E-state index in [0.717, 1.165) is 18.6 Å². The summed E-state index contributed by atoms with van der Waals surface area (Å²) in [6.45, 7) is 2.89. The Balaban J connectivity index is 1.64. The highest BCUT2D eigenvalue weighted by atomic mass is 32.2. The van der Waals surface area contributed by atoms with Gasteiger partial charge in [-0.25, -0.2) is 0 Å². The van der Waals surface area contributed by atoms with Gasteiger partial charge < -0.3 is 4.74 Å². The summed E-state index contributed by atoms with van der Waals surface area (Å²) >= 11 is 1.93. The van der Waals surface area contributed by atoms with Crippen LogP contribution < -0.4 is 0 Å². The van der Waals surface area contributed by atoms with E-state index in [1.807, 2.05) is 11.8 Å². The minimum absolute atomic E-state index is 0.0379. The molecule has 0 spiro atoms. The van der Waals surface area contributed by atoms with Crippen LogP contribution in [-0.4, -0.2) is 24.1 Å². The molecular weight excluding hydrogens is 304 g/mol. The minimum Gasteiger partial charge on any atom is -0.465 e. The third-order valence-electron chi connectivity index (χ3n) is 4.52. The third kappa shape index (κ3) is 13.9. The number of hydrogen-bond acceptors (Lipinski definition) is 3. The Hall–Kier alpha value is -0.180. The molecule has 1 fully saturated rings. The second-order valence-corrected chi connectivity index (χ2v) is 8.17. The largest absolute Gasteiger partial charge is 0.465 e. The van der Waals surface area contributed by atoms with E-state index >= 15 is 0 Å². The Morgan fingerprint density at radius 1 is 0.826 bits per heavy atom. The average molecular weight is 343 g/mol. The molecule has 0 bridgehead atoms. The summed E-state index contributed by atoms with van der Waals surface area (Å²) in [6.07, 6.45) is 19.0. The van der Waals surface area contributed by atoms with Crippen LogP contribution in [0.25, 0.3) is 0 Å². The molecular formula is C20H38O2S. The van der Waals surface area contributed by atoms with E-state index in [1.165, 1.54) is 82.8 Å². The number of thioether (sulfide) groups is 1. The van der Waals surface area contributed by atoms with E-state index in [4.69, 9.17) is 4.74 Å². The summed E-state index contributed by atoms with van der Waals surface area (Å²) in [4.78, 5) is 11.3. The summed E-state index contributed by atoms with van der Waals surface area (Å²) in [5.41, 5.74) is 0. The molecule has 1 saturated carbocycles. The van der Waals surface area contributed by atoms with E-state index in [0.29, 0.717) is 6.61 Å². The van der Waals surface area contributed by atoms with Gasteiger partial charge in [0.2, 0.25) is 0 Å². The zero-order valence-electron chi connectivity index (χ0n) is 15.3. The molecule has 0 aromatic heterocycles. The smallest absolute Gasteiger partial charge is 0.308 e. The molecule has 0 unspecified atom stereocenters. The van der Waals surface area contributed by atoms with Gasteiger partial charge in [-0.05, 0) is 25.0 Å². The average Bonchev–Trinajstić information content (AvgIpc) is 3.39. The molecule has 3 heteroatoms. The Kier molecular flexibility index (Phi) is 13.9. The van der Waals surface area contributed by atoms with Crippen molar-refractivity contribution in [1.29, 1.82) is 0 Å². The van der Waals surface area contributed by atoms with Gasteiger partial charge in [-0.15, -0.1) is 0 Å². The lowest BCUT2D eigenvalue weighted by Crippen LogP contribution is -2.09. The van der Waals surface area contributed by atoms with Gasteiger partial charge in [-0.1, -0.05) is 77.6 Å². The Morgan fingerprint density at radius 3 is 1.87 bits per heavy atom. The van der Waals surface area contributed by atoms with Crippen molar-refractivity contribution in [2.45, 2.75) is 96.8 Å². The Bertz CT molecular complexity index is 277. The highest BCUT2D eigenvalue weighted by Gasteiger charge is 2.30. The van der Waals surface area contributed by atoms with E-state index in [-0.39, 0.29) is 11.9 Å². The van der Waals surface area contributed by atoms with Gasteiger partial charge >= 0.3 is 5.97 Å². The summed E-state index contributed by atoms with van der Waals surface area (Å²) in [5.74, 6) is 2.47. The van der Waals surface area contributed by atoms with Gasteiger partial charge in [-0.2, -0.15) is 11.8 Å². The van der Waals surface area contributed by atoms with E-state index in [1.54, 1.807) is 0 Å². The fourth-order valence-corrected chi connectivity index (χ4v) is 3.60. The number of carbonyl (C=O) groups excluding carboxylic acids is 1. The third-order valence-corrected chi connectivity index (χ3v) is 5.56. The first-order valence-electron chi connectivity index (χ1n) is 10.1. The number of hydrogen-bond donors (Lipinski definition) is 0. The summed E-state index contributed by atoms with van der Waals surface area (Å²) in [6, 6.07) is 0. The maximum atomic E-state index is 11.3. The van der Waals surface area contributed by atoms with Crippen molar-refractivity contribution >= 4 is 17.7 Å². The van der Waals surface area contributed by atoms with Crippen LogP contribution in [0.2, 0.25) is 0 Å². The zero-order chi connectivity index (χ0) is 16.6. The lowest BCUT2D eigenvalue weighted by Gasteiger charge is -2.04. The first-order chi connectivity index (χ1) is 11.3. The van der Waals surface area contributed by atoms with Crippen LogP contribution in [0.5, 0.6) is 0 Å². The molecule has 0 aromatic rings. The number of ether oxygens (including phenoxy) is 1. The summed E-state index contributed by atoms with van der Waals surface area (Å²) in [7, 11) is 0. The highest BCUT2D eigenvalue weighted by Crippen LogP contribution is 2.30. The lowest BCUT2D eigenvalue weighted by molar-refractivity contribution is -0.144. The molecule has 0 aliphatic heterocycles. The molecule has 0 atom stereocenters. The minimum atomic E-state index is 0.0379. The van der Waals surface area contributed by atoms with Crippen LogP contribution in [0.1, 0.15) is 96.8 Å². The molecule has 1 rings (SSSR count). The zero-order valence-corrected chi connectivity index (χ0v) is 16.1.